The summed E-state index contributed by atoms with van der Waals surface area (Å²) in [5.74, 6) is 2.43. The summed E-state index contributed by atoms with van der Waals surface area (Å²) in [4.78, 5) is 20.0. The highest BCUT2D eigenvalue weighted by Gasteiger charge is 2.16. The summed E-state index contributed by atoms with van der Waals surface area (Å²) in [6, 6.07) is 54.3. The highest BCUT2D eigenvalue weighted by molar-refractivity contribution is 6.17. The predicted molar refractivity (Wildman–Crippen MR) is 199 cm³/mol. The van der Waals surface area contributed by atoms with E-state index in [2.05, 4.69) is 91.0 Å². The lowest BCUT2D eigenvalue weighted by atomic mass is 9.96. The first-order chi connectivity index (χ1) is 24.2. The van der Waals surface area contributed by atoms with Gasteiger partial charge < -0.3 is 4.42 Å². The van der Waals surface area contributed by atoms with Crippen LogP contribution in [0.5, 0.6) is 0 Å². The zero-order valence-electron chi connectivity index (χ0n) is 26.2. The van der Waals surface area contributed by atoms with Crippen LogP contribution in [0.2, 0.25) is 0 Å². The Morgan fingerprint density at radius 1 is 0.327 bits per heavy atom. The van der Waals surface area contributed by atoms with Gasteiger partial charge in [-0.25, -0.2) is 19.9 Å². The van der Waals surface area contributed by atoms with Gasteiger partial charge in [0.15, 0.2) is 23.1 Å². The van der Waals surface area contributed by atoms with Gasteiger partial charge in [0.2, 0.25) is 5.89 Å². The molecule has 8 aromatic carbocycles. The Hall–Kier alpha value is -6.72. The fourth-order valence-corrected chi connectivity index (χ4v) is 6.86. The van der Waals surface area contributed by atoms with Crippen molar-refractivity contribution in [2.24, 2.45) is 0 Å². The highest BCUT2D eigenvalue weighted by Crippen LogP contribution is 2.36. The maximum Gasteiger partial charge on any atom is 0.227 e. The molecule has 10 rings (SSSR count). The van der Waals surface area contributed by atoms with Crippen molar-refractivity contribution >= 4 is 54.2 Å². The lowest BCUT2D eigenvalue weighted by Crippen LogP contribution is -2.00. The molecular weight excluding hydrogens is 601 g/mol. The van der Waals surface area contributed by atoms with E-state index in [-0.39, 0.29) is 0 Å². The number of hydrogen-bond donors (Lipinski definition) is 0. The first-order valence-corrected chi connectivity index (χ1v) is 16.3. The molecule has 2 heterocycles. The molecule has 228 valence electrons. The zero-order chi connectivity index (χ0) is 32.3. The van der Waals surface area contributed by atoms with Crippen LogP contribution in [0.15, 0.2) is 162 Å². The van der Waals surface area contributed by atoms with Gasteiger partial charge in [-0.3, -0.25) is 0 Å². The first-order valence-electron chi connectivity index (χ1n) is 16.3. The number of nitrogens with zero attached hydrogens (tertiary/aromatic N) is 4. The minimum absolute atomic E-state index is 0.592. The maximum atomic E-state index is 6.38. The van der Waals surface area contributed by atoms with E-state index < -0.39 is 0 Å². The van der Waals surface area contributed by atoms with Crippen LogP contribution in [0.1, 0.15) is 0 Å². The number of fused-ring (bicyclic) bond motifs is 8. The largest absolute Gasteiger partial charge is 0.435 e. The van der Waals surface area contributed by atoms with Crippen LogP contribution in [0, 0.1) is 0 Å². The van der Waals surface area contributed by atoms with Crippen molar-refractivity contribution in [2.45, 2.75) is 0 Å². The Labute approximate surface area is 281 Å². The molecule has 0 unspecified atom stereocenters. The number of benzene rings is 8. The Balaban J connectivity index is 1.16. The van der Waals surface area contributed by atoms with Gasteiger partial charge in [0.25, 0.3) is 0 Å². The Kier molecular flexibility index (Phi) is 6.11. The molecule has 10 aromatic rings. The van der Waals surface area contributed by atoms with Crippen molar-refractivity contribution in [1.29, 1.82) is 0 Å². The molecule has 0 spiro atoms. The average molecular weight is 627 g/mol. The second kappa shape index (κ2) is 10.9. The molecule has 0 fully saturated rings. The average Bonchev–Trinajstić information content (AvgIpc) is 3.63. The highest BCUT2D eigenvalue weighted by atomic mass is 16.3. The molecular formula is C44H26N4O. The third-order valence-electron chi connectivity index (χ3n) is 9.32. The van der Waals surface area contributed by atoms with Gasteiger partial charge in [-0.05, 0) is 68.0 Å². The molecule has 0 atom stereocenters. The van der Waals surface area contributed by atoms with Crippen LogP contribution in [0.3, 0.4) is 0 Å². The van der Waals surface area contributed by atoms with Crippen LogP contribution in [-0.4, -0.2) is 19.9 Å². The smallest absolute Gasteiger partial charge is 0.227 e. The van der Waals surface area contributed by atoms with E-state index in [1.807, 2.05) is 66.7 Å². The molecule has 0 N–H and O–H groups in total. The SMILES string of the molecule is c1ccc(-c2nc(-c3ccc4ccc5c6ccccc6ccc5c4c3)nc(-c3ccc4ccc5nc(-c6ccccc6)oc5c4c3)n2)cc1. The molecule has 5 heteroatoms. The van der Waals surface area contributed by atoms with Gasteiger partial charge in [-0.2, -0.15) is 0 Å². The monoisotopic (exact) mass is 626 g/mol. The zero-order valence-corrected chi connectivity index (χ0v) is 26.2. The summed E-state index contributed by atoms with van der Waals surface area (Å²) in [5.41, 5.74) is 5.21. The first kappa shape index (κ1) is 27.4. The van der Waals surface area contributed by atoms with Crippen LogP contribution in [0.25, 0.3) is 99.8 Å². The van der Waals surface area contributed by atoms with Crippen LogP contribution < -0.4 is 0 Å². The van der Waals surface area contributed by atoms with Crippen LogP contribution >= 0.6 is 0 Å². The van der Waals surface area contributed by atoms with E-state index in [1.54, 1.807) is 0 Å². The molecule has 0 aliphatic rings. The number of aromatic nitrogens is 4. The molecule has 2 aromatic heterocycles. The van der Waals surface area contributed by atoms with Crippen molar-refractivity contribution in [3.05, 3.63) is 158 Å². The van der Waals surface area contributed by atoms with Gasteiger partial charge in [0, 0.05) is 27.6 Å². The molecule has 0 aliphatic heterocycles. The molecule has 0 amide bonds. The molecule has 0 saturated heterocycles. The summed E-state index contributed by atoms with van der Waals surface area (Å²) in [5, 5.41) is 9.26. The standard InChI is InChI=1S/C44H26N4O/c1-3-10-30(11-4-1)41-46-42(32-17-15-28-20-22-35-34-14-8-7-9-27(34)19-23-36(35)37(28)25-32)48-43(47-41)33-18-16-29-21-24-39-40(38(29)26-33)49-44(45-39)31-12-5-2-6-13-31/h1-26H. The lowest BCUT2D eigenvalue weighted by Gasteiger charge is -2.11. The van der Waals surface area contributed by atoms with Gasteiger partial charge in [-0.15, -0.1) is 0 Å². The van der Waals surface area contributed by atoms with E-state index in [9.17, 15) is 0 Å². The van der Waals surface area contributed by atoms with E-state index in [1.165, 1.54) is 26.9 Å². The summed E-state index contributed by atoms with van der Waals surface area (Å²) in [6.45, 7) is 0. The normalized spacial score (nSPS) is 11.7. The van der Waals surface area contributed by atoms with E-state index in [0.717, 1.165) is 49.5 Å². The number of hydrogen-bond acceptors (Lipinski definition) is 5. The summed E-state index contributed by atoms with van der Waals surface area (Å²) >= 11 is 0. The summed E-state index contributed by atoms with van der Waals surface area (Å²) in [7, 11) is 0. The minimum Gasteiger partial charge on any atom is -0.435 e. The fourth-order valence-electron chi connectivity index (χ4n) is 6.86. The lowest BCUT2D eigenvalue weighted by molar-refractivity contribution is 0.623. The van der Waals surface area contributed by atoms with Gasteiger partial charge in [0.1, 0.15) is 5.52 Å². The second-order valence-electron chi connectivity index (χ2n) is 12.3. The fraction of sp³-hybridized carbons (Fsp3) is 0. The Morgan fingerprint density at radius 2 is 0.837 bits per heavy atom. The topological polar surface area (TPSA) is 64.7 Å². The van der Waals surface area contributed by atoms with Crippen molar-refractivity contribution in [3.8, 4) is 45.6 Å². The van der Waals surface area contributed by atoms with Crippen molar-refractivity contribution < 1.29 is 4.42 Å². The maximum absolute atomic E-state index is 6.38. The molecule has 5 nitrogen and oxygen atoms in total. The van der Waals surface area contributed by atoms with Crippen LogP contribution in [0.4, 0.5) is 0 Å². The van der Waals surface area contributed by atoms with Crippen molar-refractivity contribution in [3.63, 3.8) is 0 Å². The molecule has 0 aliphatic carbocycles. The van der Waals surface area contributed by atoms with Gasteiger partial charge in [-0.1, -0.05) is 127 Å². The Morgan fingerprint density at radius 3 is 1.55 bits per heavy atom. The van der Waals surface area contributed by atoms with Crippen LogP contribution in [-0.2, 0) is 0 Å². The summed E-state index contributed by atoms with van der Waals surface area (Å²) < 4.78 is 6.38. The molecule has 0 radical (unpaired) electrons. The third-order valence-corrected chi connectivity index (χ3v) is 9.32. The molecule has 0 bridgehead atoms. The van der Waals surface area contributed by atoms with E-state index in [4.69, 9.17) is 24.4 Å². The predicted octanol–water partition coefficient (Wildman–Crippen LogP) is 11.3. The second-order valence-corrected chi connectivity index (χ2v) is 12.3. The van der Waals surface area contributed by atoms with Gasteiger partial charge in [0.05, 0.1) is 0 Å². The third kappa shape index (κ3) is 4.63. The molecule has 0 saturated carbocycles. The Bertz CT molecular complexity index is 2880. The summed E-state index contributed by atoms with van der Waals surface area (Å²) in [6.07, 6.45) is 0. The van der Waals surface area contributed by atoms with Crippen molar-refractivity contribution in [1.82, 2.24) is 19.9 Å². The number of rotatable bonds is 4. The van der Waals surface area contributed by atoms with E-state index >= 15 is 0 Å². The molecule has 49 heavy (non-hydrogen) atoms. The quantitative estimate of drug-likeness (QED) is 0.182. The number of oxazole rings is 1. The van der Waals surface area contributed by atoms with E-state index in [0.29, 0.717) is 23.4 Å². The minimum atomic E-state index is 0.592. The van der Waals surface area contributed by atoms with Gasteiger partial charge >= 0.3 is 0 Å². The van der Waals surface area contributed by atoms with Crippen molar-refractivity contribution in [2.75, 3.05) is 0 Å².